The molecule has 0 aliphatic rings. The first-order chi connectivity index (χ1) is 7.00. The SMILES string of the molecule is COP(=O)(OC)Oc1ncc(Cl)cc1Cl. The molecule has 0 N–H and O–H groups in total. The molecule has 1 aromatic heterocycles. The number of phosphoric acid groups is 1. The van der Waals surface area contributed by atoms with Crippen LogP contribution in [-0.2, 0) is 13.6 Å². The smallest absolute Gasteiger partial charge is 0.384 e. The van der Waals surface area contributed by atoms with Gasteiger partial charge in [-0.05, 0) is 6.07 Å². The van der Waals surface area contributed by atoms with Crippen LogP contribution < -0.4 is 4.52 Å². The van der Waals surface area contributed by atoms with Gasteiger partial charge in [-0.1, -0.05) is 23.2 Å². The first-order valence-electron chi connectivity index (χ1n) is 3.73. The third-order valence-corrected chi connectivity index (χ3v) is 3.19. The second kappa shape index (κ2) is 5.14. The van der Waals surface area contributed by atoms with E-state index in [4.69, 9.17) is 27.7 Å². The van der Waals surface area contributed by atoms with Crippen molar-refractivity contribution in [2.24, 2.45) is 0 Å². The molecule has 0 saturated heterocycles. The standard InChI is InChI=1S/C7H8Cl2NO4P/c1-12-15(11,13-2)14-7-6(9)3-5(8)4-10-7/h3-4H,1-2H3. The van der Waals surface area contributed by atoms with E-state index in [0.717, 1.165) is 0 Å². The van der Waals surface area contributed by atoms with Crippen LogP contribution in [0.25, 0.3) is 0 Å². The number of aromatic nitrogens is 1. The summed E-state index contributed by atoms with van der Waals surface area (Å²) < 4.78 is 25.6. The highest BCUT2D eigenvalue weighted by atomic mass is 35.5. The van der Waals surface area contributed by atoms with Gasteiger partial charge in [0, 0.05) is 20.4 Å². The van der Waals surface area contributed by atoms with E-state index >= 15 is 0 Å². The molecule has 1 rings (SSSR count). The van der Waals surface area contributed by atoms with Gasteiger partial charge < -0.3 is 4.52 Å². The van der Waals surface area contributed by atoms with Gasteiger partial charge >= 0.3 is 7.82 Å². The Labute approximate surface area is 96.9 Å². The number of hydrogen-bond acceptors (Lipinski definition) is 5. The molecular formula is C7H8Cl2NO4P. The van der Waals surface area contributed by atoms with E-state index in [1.165, 1.54) is 26.5 Å². The number of halogens is 2. The lowest BCUT2D eigenvalue weighted by molar-refractivity contribution is 0.209. The van der Waals surface area contributed by atoms with Crippen molar-refractivity contribution < 1.29 is 18.1 Å². The lowest BCUT2D eigenvalue weighted by Gasteiger charge is -2.13. The van der Waals surface area contributed by atoms with Gasteiger partial charge in [0.05, 0.1) is 5.02 Å². The molecule has 0 atom stereocenters. The summed E-state index contributed by atoms with van der Waals surface area (Å²) in [6, 6.07) is 1.40. The molecule has 0 aliphatic heterocycles. The Hall–Kier alpha value is -0.320. The van der Waals surface area contributed by atoms with Gasteiger partial charge in [0.15, 0.2) is 0 Å². The maximum Gasteiger partial charge on any atom is 0.530 e. The van der Waals surface area contributed by atoms with E-state index in [1.54, 1.807) is 0 Å². The molecule has 1 heterocycles. The van der Waals surface area contributed by atoms with Crippen LogP contribution in [0.15, 0.2) is 12.3 Å². The molecule has 0 fully saturated rings. The Morgan fingerprint density at radius 1 is 1.33 bits per heavy atom. The summed E-state index contributed by atoms with van der Waals surface area (Å²) in [5, 5.41) is 0.467. The van der Waals surface area contributed by atoms with E-state index in [2.05, 4.69) is 14.0 Å². The van der Waals surface area contributed by atoms with E-state index in [9.17, 15) is 4.57 Å². The largest absolute Gasteiger partial charge is 0.530 e. The number of nitrogens with zero attached hydrogens (tertiary/aromatic N) is 1. The number of pyridine rings is 1. The molecule has 0 aliphatic carbocycles. The Bertz CT molecular complexity index is 393. The van der Waals surface area contributed by atoms with Gasteiger partial charge in [-0.2, -0.15) is 0 Å². The molecular weight excluding hydrogens is 264 g/mol. The van der Waals surface area contributed by atoms with Crippen molar-refractivity contribution in [1.29, 1.82) is 0 Å². The molecule has 5 nitrogen and oxygen atoms in total. The average molecular weight is 272 g/mol. The predicted octanol–water partition coefficient (Wildman–Crippen LogP) is 3.17. The number of hydrogen-bond donors (Lipinski definition) is 0. The summed E-state index contributed by atoms with van der Waals surface area (Å²) >= 11 is 11.4. The Balaban J connectivity index is 2.94. The molecule has 1 aromatic rings. The first-order valence-corrected chi connectivity index (χ1v) is 5.94. The van der Waals surface area contributed by atoms with Crippen LogP contribution in [0.5, 0.6) is 5.88 Å². The van der Waals surface area contributed by atoms with Crippen LogP contribution >= 0.6 is 31.0 Å². The van der Waals surface area contributed by atoms with Gasteiger partial charge in [-0.3, -0.25) is 9.05 Å². The van der Waals surface area contributed by atoms with Crippen molar-refractivity contribution in [3.8, 4) is 5.88 Å². The highest BCUT2D eigenvalue weighted by Gasteiger charge is 2.26. The zero-order valence-electron chi connectivity index (χ0n) is 7.94. The fourth-order valence-corrected chi connectivity index (χ4v) is 1.85. The molecule has 0 unspecified atom stereocenters. The van der Waals surface area contributed by atoms with Gasteiger partial charge in [0.25, 0.3) is 0 Å². The Kier molecular flexibility index (Phi) is 4.37. The first kappa shape index (κ1) is 12.7. The van der Waals surface area contributed by atoms with E-state index in [-0.39, 0.29) is 10.9 Å². The summed E-state index contributed by atoms with van der Waals surface area (Å²) in [5.74, 6) is -0.0619. The molecule has 0 amide bonds. The maximum atomic E-state index is 11.6. The highest BCUT2D eigenvalue weighted by molar-refractivity contribution is 7.48. The fraction of sp³-hybridized carbons (Fsp3) is 0.286. The lowest BCUT2D eigenvalue weighted by atomic mass is 10.5. The Morgan fingerprint density at radius 2 is 1.93 bits per heavy atom. The number of rotatable bonds is 4. The summed E-state index contributed by atoms with van der Waals surface area (Å²) in [6.45, 7) is 0. The van der Waals surface area contributed by atoms with Crippen LogP contribution in [0.3, 0.4) is 0 Å². The van der Waals surface area contributed by atoms with Gasteiger partial charge in [0.2, 0.25) is 5.88 Å². The minimum atomic E-state index is -3.64. The van der Waals surface area contributed by atoms with E-state index in [1.807, 2.05) is 0 Å². The molecule has 0 bridgehead atoms. The van der Waals surface area contributed by atoms with E-state index in [0.29, 0.717) is 5.02 Å². The minimum Gasteiger partial charge on any atom is -0.384 e. The normalized spacial score (nSPS) is 11.5. The summed E-state index contributed by atoms with van der Waals surface area (Å²) in [4.78, 5) is 3.74. The van der Waals surface area contributed by atoms with Crippen molar-refractivity contribution in [3.63, 3.8) is 0 Å². The van der Waals surface area contributed by atoms with Crippen molar-refractivity contribution >= 4 is 31.0 Å². The van der Waals surface area contributed by atoms with Crippen molar-refractivity contribution in [2.75, 3.05) is 14.2 Å². The van der Waals surface area contributed by atoms with Gasteiger partial charge in [0.1, 0.15) is 5.02 Å². The van der Waals surface area contributed by atoms with Crippen LogP contribution in [0, 0.1) is 0 Å². The highest BCUT2D eigenvalue weighted by Crippen LogP contribution is 2.48. The van der Waals surface area contributed by atoms with Crippen molar-refractivity contribution in [1.82, 2.24) is 4.98 Å². The van der Waals surface area contributed by atoms with Crippen molar-refractivity contribution in [2.45, 2.75) is 0 Å². The molecule has 8 heteroatoms. The second-order valence-corrected chi connectivity index (χ2v) is 5.00. The zero-order valence-corrected chi connectivity index (χ0v) is 10.3. The third-order valence-electron chi connectivity index (χ3n) is 1.42. The molecule has 0 aromatic carbocycles. The molecule has 84 valence electrons. The zero-order chi connectivity index (χ0) is 11.5. The molecule has 0 saturated carbocycles. The minimum absolute atomic E-state index is 0.0619. The molecule has 0 spiro atoms. The van der Waals surface area contributed by atoms with Crippen molar-refractivity contribution in [3.05, 3.63) is 22.3 Å². The van der Waals surface area contributed by atoms with Crippen LogP contribution in [0.4, 0.5) is 0 Å². The second-order valence-electron chi connectivity index (χ2n) is 2.34. The summed E-state index contributed by atoms with van der Waals surface area (Å²) in [5.41, 5.74) is 0. The van der Waals surface area contributed by atoms with Crippen LogP contribution in [0.2, 0.25) is 10.0 Å². The molecule has 0 radical (unpaired) electrons. The molecule has 15 heavy (non-hydrogen) atoms. The summed E-state index contributed by atoms with van der Waals surface area (Å²) in [7, 11) is -1.26. The van der Waals surface area contributed by atoms with Gasteiger partial charge in [-0.25, -0.2) is 9.55 Å². The van der Waals surface area contributed by atoms with E-state index < -0.39 is 7.82 Å². The quantitative estimate of drug-likeness (QED) is 0.788. The Morgan fingerprint density at radius 3 is 2.40 bits per heavy atom. The monoisotopic (exact) mass is 271 g/mol. The average Bonchev–Trinajstić information content (AvgIpc) is 2.22. The summed E-state index contributed by atoms with van der Waals surface area (Å²) in [6.07, 6.45) is 1.30. The fourth-order valence-electron chi connectivity index (χ4n) is 0.724. The predicted molar refractivity (Wildman–Crippen MR) is 56.5 cm³/mol. The lowest BCUT2D eigenvalue weighted by Crippen LogP contribution is -1.99. The van der Waals surface area contributed by atoms with Gasteiger partial charge in [-0.15, -0.1) is 0 Å². The van der Waals surface area contributed by atoms with Crippen LogP contribution in [0.1, 0.15) is 0 Å². The number of phosphoric ester groups is 1. The topological polar surface area (TPSA) is 57.7 Å². The van der Waals surface area contributed by atoms with Crippen LogP contribution in [-0.4, -0.2) is 19.2 Å². The maximum absolute atomic E-state index is 11.6. The third kappa shape index (κ3) is 3.33.